The van der Waals surface area contributed by atoms with E-state index < -0.39 is 7.12 Å². The highest BCUT2D eigenvalue weighted by Gasteiger charge is 2.20. The summed E-state index contributed by atoms with van der Waals surface area (Å²) in [5.74, 6) is 0. The van der Waals surface area contributed by atoms with Crippen molar-refractivity contribution in [3.63, 3.8) is 0 Å². The molecule has 6 N–H and O–H groups in total. The van der Waals surface area contributed by atoms with E-state index in [0.717, 1.165) is 141 Å². The highest BCUT2D eigenvalue weighted by Crippen LogP contribution is 2.44. The molecule has 0 spiro atoms. The van der Waals surface area contributed by atoms with Crippen molar-refractivity contribution in [3.8, 4) is 44.5 Å². The van der Waals surface area contributed by atoms with Crippen molar-refractivity contribution in [2.45, 2.75) is 0 Å². The van der Waals surface area contributed by atoms with Gasteiger partial charge in [-0.15, -0.1) is 0 Å². The van der Waals surface area contributed by atoms with E-state index in [0.29, 0.717) is 21.2 Å². The molecule has 0 saturated carbocycles. The Labute approximate surface area is 740 Å². The lowest BCUT2D eigenvalue weighted by molar-refractivity contribution is 0.426. The number of H-pyrrole nitrogens is 1. The molecule has 24 aromatic rings. The third kappa shape index (κ3) is 16.9. The summed E-state index contributed by atoms with van der Waals surface area (Å²) in [6.07, 6.45) is 0. The summed E-state index contributed by atoms with van der Waals surface area (Å²) in [6, 6.07) is 138. The number of aromatic amines is 1. The van der Waals surface area contributed by atoms with Crippen LogP contribution in [0.1, 0.15) is 0 Å². The van der Waals surface area contributed by atoms with Crippen LogP contribution in [0.3, 0.4) is 0 Å². The Morgan fingerprint density at radius 2 is 0.626 bits per heavy atom. The molecule has 0 bridgehead atoms. The van der Waals surface area contributed by atoms with E-state index in [4.69, 9.17) is 61.1 Å². The van der Waals surface area contributed by atoms with Crippen LogP contribution < -0.4 is 16.5 Å². The summed E-state index contributed by atoms with van der Waals surface area (Å²) in [5, 5.41) is 35.8. The highest BCUT2D eigenvalue weighted by molar-refractivity contribution is 14.1. The van der Waals surface area contributed by atoms with Gasteiger partial charge in [-0.3, -0.25) is 0 Å². The number of fused-ring (bicyclic) bond motifs is 19. The third-order valence-electron chi connectivity index (χ3n) is 21.4. The Kier molecular flexibility index (Phi) is 23.9. The maximum Gasteiger partial charge on any atom is 0.488 e. The summed E-state index contributed by atoms with van der Waals surface area (Å²) < 4.78 is 32.9. The Balaban J connectivity index is 0.000000101. The molecule has 0 aliphatic rings. The molecule has 24 rings (SSSR count). The second kappa shape index (κ2) is 36.6. The van der Waals surface area contributed by atoms with Crippen LogP contribution in [0.2, 0.25) is 10.0 Å². The van der Waals surface area contributed by atoms with Crippen molar-refractivity contribution in [3.05, 3.63) is 431 Å². The predicted octanol–water partition coefficient (Wildman–Crippen LogP) is 31.3. The Hall–Kier alpha value is -13.9. The van der Waals surface area contributed by atoms with Crippen molar-refractivity contribution in [1.82, 2.24) is 4.98 Å². The molecule has 0 aliphatic carbocycles. The largest absolute Gasteiger partial charge is 0.488 e. The molecule has 10 nitrogen and oxygen atoms in total. The average molecular weight is 1810 g/mol. The Morgan fingerprint density at radius 3 is 1.11 bits per heavy atom. The topological polar surface area (TPSA) is 160 Å². The standard InChI is InChI=1S/C24H16ClNO.C24H15NO.C18H11IO.C18H12O.C12H7BrO.C6H7BO2.C6H6ClN/c25-20-13-4-5-14-21(20)26-22-15-7-12-19-18-11-6-10-17(23(18)27-24(19)22)16-8-2-1-3-9-16;1-2-7-15(8-3-1)16-10-6-11-19-20-14-13-18-17-9-4-5-12-21(17)25-22(18)24(20)26-23(16)19;19-16-11-5-10-15-14-9-4-8-13(17(14)20-18(15)16)12-6-2-1-3-7-12;1-2-7-13(8-3-1)14-10-6-11-16-15-9-4-5-12-17(15)19-18(14)16;13-10-6-3-5-9-8-4-1-2-7-11(8)14-12(9)10;8-7(9)6-4-2-1-3-5-6;7-5-3-1-2-4-6(5)8/h1-15,26H;1-14,25H;1-11H;1-12H;1-7H;1-5,8-9H;1-4H,8H2. The molecule has 15 heteroatoms. The van der Waals surface area contributed by atoms with Crippen LogP contribution in [0.4, 0.5) is 17.1 Å². The molecule has 594 valence electrons. The zero-order valence-corrected chi connectivity index (χ0v) is 71.1. The number of furan rings is 5. The summed E-state index contributed by atoms with van der Waals surface area (Å²) >= 11 is 17.7. The maximum atomic E-state index is 8.58. The van der Waals surface area contributed by atoms with Crippen LogP contribution in [0, 0.1) is 3.57 Å². The normalized spacial score (nSPS) is 11.0. The average Bonchev–Trinajstić information content (AvgIpc) is 1.58. The van der Waals surface area contributed by atoms with Crippen LogP contribution in [0.5, 0.6) is 0 Å². The van der Waals surface area contributed by atoms with Crippen LogP contribution in [0.25, 0.3) is 176 Å². The molecular weight excluding hydrogens is 1740 g/mol. The van der Waals surface area contributed by atoms with Gasteiger partial charge in [0.15, 0.2) is 11.2 Å². The van der Waals surface area contributed by atoms with Crippen molar-refractivity contribution < 1.29 is 32.1 Å². The van der Waals surface area contributed by atoms with Crippen LogP contribution >= 0.6 is 61.7 Å². The molecule has 0 atom stereocenters. The fourth-order valence-electron chi connectivity index (χ4n) is 15.5. The van der Waals surface area contributed by atoms with Gasteiger partial charge < -0.3 is 48.2 Å². The van der Waals surface area contributed by atoms with Crippen molar-refractivity contribution in [2.24, 2.45) is 0 Å². The molecule has 6 heterocycles. The third-order valence-corrected chi connectivity index (χ3v) is 23.5. The first-order valence-electron chi connectivity index (χ1n) is 39.9. The van der Waals surface area contributed by atoms with Gasteiger partial charge in [0.25, 0.3) is 0 Å². The van der Waals surface area contributed by atoms with Gasteiger partial charge in [0.05, 0.1) is 40.7 Å². The van der Waals surface area contributed by atoms with E-state index in [-0.39, 0.29) is 0 Å². The van der Waals surface area contributed by atoms with Gasteiger partial charge in [-0.1, -0.05) is 369 Å². The van der Waals surface area contributed by atoms with Gasteiger partial charge in [-0.25, -0.2) is 0 Å². The molecule has 0 radical (unpaired) electrons. The van der Waals surface area contributed by atoms with E-state index in [9.17, 15) is 0 Å². The lowest BCUT2D eigenvalue weighted by Crippen LogP contribution is -2.29. The molecule has 0 fully saturated rings. The molecule has 6 aromatic heterocycles. The highest BCUT2D eigenvalue weighted by atomic mass is 127. The smallest absolute Gasteiger partial charge is 0.455 e. The second-order valence-electron chi connectivity index (χ2n) is 29.1. The minimum atomic E-state index is -1.34. The van der Waals surface area contributed by atoms with E-state index in [1.54, 1.807) is 36.4 Å². The number of nitrogens with two attached hydrogens (primary N) is 1. The van der Waals surface area contributed by atoms with Gasteiger partial charge in [-0.2, -0.15) is 0 Å². The predicted molar refractivity (Wildman–Crippen MR) is 527 cm³/mol. The lowest BCUT2D eigenvalue weighted by atomic mass is 9.81. The number of anilines is 3. The molecule has 123 heavy (non-hydrogen) atoms. The quantitative estimate of drug-likeness (QED) is 0.0595. The second-order valence-corrected chi connectivity index (χ2v) is 31.9. The lowest BCUT2D eigenvalue weighted by Gasteiger charge is -2.08. The maximum absolute atomic E-state index is 8.58. The van der Waals surface area contributed by atoms with Crippen LogP contribution in [0.15, 0.2) is 439 Å². The van der Waals surface area contributed by atoms with Crippen molar-refractivity contribution in [1.29, 1.82) is 0 Å². The number of nitrogens with one attached hydrogen (secondary N) is 2. The van der Waals surface area contributed by atoms with E-state index in [2.05, 4.69) is 285 Å². The molecule has 0 aliphatic heterocycles. The minimum absolute atomic E-state index is 0.525. The van der Waals surface area contributed by atoms with Crippen molar-refractivity contribution >= 4 is 223 Å². The van der Waals surface area contributed by atoms with Crippen LogP contribution in [-0.2, 0) is 0 Å². The van der Waals surface area contributed by atoms with E-state index in [1.807, 2.05) is 140 Å². The molecule has 0 amide bonds. The van der Waals surface area contributed by atoms with E-state index in [1.165, 1.54) is 54.4 Å². The number of para-hydroxylation sites is 12. The van der Waals surface area contributed by atoms with Crippen LogP contribution in [-0.4, -0.2) is 22.2 Å². The summed E-state index contributed by atoms with van der Waals surface area (Å²) in [5.41, 5.74) is 29.0. The van der Waals surface area contributed by atoms with Gasteiger partial charge in [-0.05, 0) is 133 Å². The number of hydrogen-bond donors (Lipinski definition) is 5. The number of benzene rings is 18. The van der Waals surface area contributed by atoms with Gasteiger partial charge in [0.1, 0.15) is 44.7 Å². The monoisotopic (exact) mass is 1810 g/mol. The number of nitrogen functional groups attached to an aromatic ring is 1. The van der Waals surface area contributed by atoms with Gasteiger partial charge in [0, 0.05) is 92.4 Å². The SMILES string of the molecule is Brc1cccc2c1oc1ccccc12.Clc1ccccc1Nc1cccc2c1oc1c(-c3ccccc3)cccc12.Ic1cccc2c1oc1c(-c3ccccc3)cccc12.Nc1ccccc1Cl.OB(O)c1ccccc1.c1ccc(-c2cccc3c2oc2c3ccc3c4ccccc4[nH]c32)cc1.c1ccc(-c2cccc3c2oc2ccccc23)cc1. The first-order valence-corrected chi connectivity index (χ1v) is 42.6. The number of halogens is 4. The fourth-order valence-corrected chi connectivity index (χ4v) is 16.9. The summed E-state index contributed by atoms with van der Waals surface area (Å²) in [4.78, 5) is 3.55. The molecule has 0 unspecified atom stereocenters. The van der Waals surface area contributed by atoms with Gasteiger partial charge in [0.2, 0.25) is 0 Å². The first kappa shape index (κ1) is 80.2. The number of aromatic nitrogens is 1. The summed E-state index contributed by atoms with van der Waals surface area (Å²) in [6.45, 7) is 0. The number of rotatable bonds is 7. The fraction of sp³-hybridized carbons (Fsp3) is 0. The zero-order valence-electron chi connectivity index (χ0n) is 65.9. The molecular formula is C108H74BBrCl2IN3O7. The molecule has 18 aromatic carbocycles. The first-order chi connectivity index (χ1) is 60.5. The summed E-state index contributed by atoms with van der Waals surface area (Å²) in [7, 11) is -1.34. The Bertz CT molecular complexity index is 7830. The van der Waals surface area contributed by atoms with E-state index >= 15 is 0 Å². The molecule has 0 saturated heterocycles. The minimum Gasteiger partial charge on any atom is -0.455 e. The Morgan fingerprint density at radius 1 is 0.285 bits per heavy atom. The van der Waals surface area contributed by atoms with Gasteiger partial charge >= 0.3 is 7.12 Å². The van der Waals surface area contributed by atoms with Crippen molar-refractivity contribution in [2.75, 3.05) is 11.1 Å². The number of hydrogen-bond acceptors (Lipinski definition) is 9. The zero-order chi connectivity index (χ0) is 83.7.